The number of halogens is 3. The molecular formula is C9H9ClF2. The summed E-state index contributed by atoms with van der Waals surface area (Å²) in [5.74, 6) is 0.278. The van der Waals surface area contributed by atoms with E-state index in [2.05, 4.69) is 0 Å². The van der Waals surface area contributed by atoms with Gasteiger partial charge in [-0.1, -0.05) is 12.1 Å². The highest BCUT2D eigenvalue weighted by Gasteiger charge is 2.10. The number of hydrogen-bond donors (Lipinski definition) is 0. The minimum Gasteiger partial charge on any atom is -0.205 e. The lowest BCUT2D eigenvalue weighted by Crippen LogP contribution is -1.91. The van der Waals surface area contributed by atoms with Crippen molar-refractivity contribution < 1.29 is 8.78 Å². The summed E-state index contributed by atoms with van der Waals surface area (Å²) in [5, 5.41) is 0. The van der Waals surface area contributed by atoms with Gasteiger partial charge < -0.3 is 0 Å². The summed E-state index contributed by atoms with van der Waals surface area (Å²) >= 11 is 5.51. The van der Waals surface area contributed by atoms with Crippen LogP contribution in [0.15, 0.2) is 18.2 Å². The third-order valence-electron chi connectivity index (χ3n) is 1.73. The molecule has 0 aromatic heterocycles. The number of alkyl halides is 3. The second-order valence-electron chi connectivity index (χ2n) is 2.63. The van der Waals surface area contributed by atoms with E-state index in [-0.39, 0.29) is 11.4 Å². The van der Waals surface area contributed by atoms with Crippen molar-refractivity contribution in [1.29, 1.82) is 0 Å². The summed E-state index contributed by atoms with van der Waals surface area (Å²) < 4.78 is 24.6. The zero-order chi connectivity index (χ0) is 9.14. The van der Waals surface area contributed by atoms with Crippen LogP contribution >= 0.6 is 11.6 Å². The highest BCUT2D eigenvalue weighted by molar-refractivity contribution is 6.17. The molecule has 0 atom stereocenters. The van der Waals surface area contributed by atoms with Crippen LogP contribution in [0, 0.1) is 6.92 Å². The van der Waals surface area contributed by atoms with Gasteiger partial charge in [-0.25, -0.2) is 8.78 Å². The van der Waals surface area contributed by atoms with Crippen molar-refractivity contribution in [3.8, 4) is 0 Å². The molecule has 0 amide bonds. The SMILES string of the molecule is Cc1ccc(CCl)cc1C(F)F. The lowest BCUT2D eigenvalue weighted by molar-refractivity contribution is 0.150. The largest absolute Gasteiger partial charge is 0.264 e. The summed E-state index contributed by atoms with van der Waals surface area (Å²) in [6, 6.07) is 4.88. The molecule has 1 rings (SSSR count). The van der Waals surface area contributed by atoms with E-state index in [9.17, 15) is 8.78 Å². The Labute approximate surface area is 75.2 Å². The maximum absolute atomic E-state index is 12.3. The first kappa shape index (κ1) is 9.46. The maximum atomic E-state index is 12.3. The molecule has 1 aromatic rings. The first-order chi connectivity index (χ1) is 5.65. The molecule has 3 heteroatoms. The van der Waals surface area contributed by atoms with Crippen LogP contribution in [0.4, 0.5) is 8.78 Å². The molecule has 0 radical (unpaired) electrons. The lowest BCUT2D eigenvalue weighted by Gasteiger charge is -2.05. The summed E-state index contributed by atoms with van der Waals surface area (Å²) in [6.45, 7) is 1.67. The van der Waals surface area contributed by atoms with Crippen LogP contribution in [0.25, 0.3) is 0 Å². The minimum absolute atomic E-state index is 0.0770. The standard InChI is InChI=1S/C9H9ClF2/c1-6-2-3-7(5-10)4-8(6)9(11)12/h2-4,9H,5H2,1H3. The average Bonchev–Trinajstić information content (AvgIpc) is 2.05. The Balaban J connectivity index is 3.08. The van der Waals surface area contributed by atoms with Crippen LogP contribution in [0.2, 0.25) is 0 Å². The van der Waals surface area contributed by atoms with Crippen LogP contribution in [-0.4, -0.2) is 0 Å². The van der Waals surface area contributed by atoms with E-state index in [1.54, 1.807) is 19.1 Å². The van der Waals surface area contributed by atoms with Gasteiger partial charge in [-0.05, 0) is 24.1 Å². The quantitative estimate of drug-likeness (QED) is 0.625. The zero-order valence-electron chi connectivity index (χ0n) is 6.65. The van der Waals surface area contributed by atoms with Gasteiger partial charge in [-0.3, -0.25) is 0 Å². The van der Waals surface area contributed by atoms with Gasteiger partial charge in [-0.2, -0.15) is 0 Å². The molecule has 0 fully saturated rings. The molecule has 0 nitrogen and oxygen atoms in total. The van der Waals surface area contributed by atoms with Crippen LogP contribution in [0.3, 0.4) is 0 Å². The van der Waals surface area contributed by atoms with Crippen LogP contribution in [0.5, 0.6) is 0 Å². The normalized spacial score (nSPS) is 10.8. The third-order valence-corrected chi connectivity index (χ3v) is 2.04. The monoisotopic (exact) mass is 190 g/mol. The van der Waals surface area contributed by atoms with Crippen LogP contribution < -0.4 is 0 Å². The molecule has 0 bridgehead atoms. The molecule has 0 saturated heterocycles. The molecule has 1 aromatic carbocycles. The Morgan fingerprint density at radius 2 is 2.08 bits per heavy atom. The third kappa shape index (κ3) is 1.95. The summed E-state index contributed by atoms with van der Waals surface area (Å²) in [5.41, 5.74) is 1.42. The summed E-state index contributed by atoms with van der Waals surface area (Å²) in [7, 11) is 0. The molecule has 12 heavy (non-hydrogen) atoms. The molecule has 0 heterocycles. The fourth-order valence-corrected chi connectivity index (χ4v) is 1.17. The predicted octanol–water partition coefficient (Wildman–Crippen LogP) is 3.67. The topological polar surface area (TPSA) is 0 Å². The van der Waals surface area contributed by atoms with Crippen molar-refractivity contribution in [2.45, 2.75) is 19.2 Å². The van der Waals surface area contributed by atoms with Crippen molar-refractivity contribution in [2.75, 3.05) is 0 Å². The van der Waals surface area contributed by atoms with Gasteiger partial charge in [0.15, 0.2) is 0 Å². The summed E-state index contributed by atoms with van der Waals surface area (Å²) in [4.78, 5) is 0. The van der Waals surface area contributed by atoms with E-state index in [4.69, 9.17) is 11.6 Å². The fourth-order valence-electron chi connectivity index (χ4n) is 1.01. The molecule has 66 valence electrons. The minimum atomic E-state index is -2.41. The zero-order valence-corrected chi connectivity index (χ0v) is 7.41. The van der Waals surface area contributed by atoms with Crippen LogP contribution in [-0.2, 0) is 5.88 Å². The molecule has 0 aliphatic rings. The van der Waals surface area contributed by atoms with E-state index < -0.39 is 6.43 Å². The Hall–Kier alpha value is -0.630. The van der Waals surface area contributed by atoms with Crippen LogP contribution in [0.1, 0.15) is 23.1 Å². The number of benzene rings is 1. The molecule has 0 aliphatic heterocycles. The Morgan fingerprint density at radius 3 is 2.58 bits per heavy atom. The first-order valence-corrected chi connectivity index (χ1v) is 4.12. The second kappa shape index (κ2) is 3.85. The van der Waals surface area contributed by atoms with Gasteiger partial charge >= 0.3 is 0 Å². The fraction of sp³-hybridized carbons (Fsp3) is 0.333. The number of aryl methyl sites for hydroxylation is 1. The smallest absolute Gasteiger partial charge is 0.205 e. The molecule has 0 unspecified atom stereocenters. The highest BCUT2D eigenvalue weighted by atomic mass is 35.5. The number of hydrogen-bond acceptors (Lipinski definition) is 0. The van der Waals surface area contributed by atoms with Gasteiger partial charge in [0.25, 0.3) is 6.43 Å². The Morgan fingerprint density at radius 1 is 1.42 bits per heavy atom. The molecule has 0 aliphatic carbocycles. The Bertz CT molecular complexity index is 271. The van der Waals surface area contributed by atoms with Crippen molar-refractivity contribution in [2.24, 2.45) is 0 Å². The average molecular weight is 191 g/mol. The van der Waals surface area contributed by atoms with E-state index in [1.165, 1.54) is 6.07 Å². The molecular weight excluding hydrogens is 182 g/mol. The van der Waals surface area contributed by atoms with E-state index in [0.29, 0.717) is 5.56 Å². The van der Waals surface area contributed by atoms with Crippen molar-refractivity contribution in [3.05, 3.63) is 34.9 Å². The van der Waals surface area contributed by atoms with E-state index in [0.717, 1.165) is 5.56 Å². The maximum Gasteiger partial charge on any atom is 0.264 e. The van der Waals surface area contributed by atoms with Gasteiger partial charge in [-0.15, -0.1) is 11.6 Å². The van der Waals surface area contributed by atoms with Crippen molar-refractivity contribution >= 4 is 11.6 Å². The molecule has 0 saturated carbocycles. The molecule has 0 N–H and O–H groups in total. The van der Waals surface area contributed by atoms with Gasteiger partial charge in [0, 0.05) is 11.4 Å². The van der Waals surface area contributed by atoms with Gasteiger partial charge in [0.1, 0.15) is 0 Å². The van der Waals surface area contributed by atoms with E-state index in [1.807, 2.05) is 0 Å². The van der Waals surface area contributed by atoms with E-state index >= 15 is 0 Å². The first-order valence-electron chi connectivity index (χ1n) is 3.58. The second-order valence-corrected chi connectivity index (χ2v) is 2.89. The lowest BCUT2D eigenvalue weighted by atomic mass is 10.1. The van der Waals surface area contributed by atoms with Gasteiger partial charge in [0.2, 0.25) is 0 Å². The van der Waals surface area contributed by atoms with Crippen molar-refractivity contribution in [1.82, 2.24) is 0 Å². The van der Waals surface area contributed by atoms with Crippen molar-refractivity contribution in [3.63, 3.8) is 0 Å². The summed E-state index contributed by atoms with van der Waals surface area (Å²) in [6.07, 6.45) is -2.41. The molecule has 0 spiro atoms. The Kier molecular flexibility index (Phi) is 3.04. The van der Waals surface area contributed by atoms with Gasteiger partial charge in [0.05, 0.1) is 0 Å². The highest BCUT2D eigenvalue weighted by Crippen LogP contribution is 2.23. The predicted molar refractivity (Wildman–Crippen MR) is 45.7 cm³/mol. The number of rotatable bonds is 2.